The molecule has 6 aromatic rings. The van der Waals surface area contributed by atoms with Crippen LogP contribution in [0.15, 0.2) is 80.9 Å². The summed E-state index contributed by atoms with van der Waals surface area (Å²) in [6.07, 6.45) is 2.84. The number of rotatable bonds is 8. The second-order valence-corrected chi connectivity index (χ2v) is 13.6. The molecule has 1 atom stereocenters. The van der Waals surface area contributed by atoms with Gasteiger partial charge in [0.15, 0.2) is 15.1 Å². The van der Waals surface area contributed by atoms with Gasteiger partial charge in [-0.05, 0) is 34.9 Å². The lowest BCUT2D eigenvalue weighted by Crippen LogP contribution is -2.19. The topological polar surface area (TPSA) is 161 Å². The summed E-state index contributed by atoms with van der Waals surface area (Å²) in [6.45, 7) is 0.436. The maximum Gasteiger partial charge on any atom is 0.307 e. The van der Waals surface area contributed by atoms with Crippen LogP contribution in [0.3, 0.4) is 0 Å². The summed E-state index contributed by atoms with van der Waals surface area (Å²) >= 11 is 1.99. The van der Waals surface area contributed by atoms with Crippen molar-refractivity contribution in [1.82, 2.24) is 24.7 Å². The number of hydrogen-bond donors (Lipinski definition) is 2. The lowest BCUT2D eigenvalue weighted by atomic mass is 10.1. The minimum atomic E-state index is -3.77. The molecular formula is C27H21N5O6S3. The molecule has 0 aliphatic carbocycles. The molecule has 6 rings (SSSR count). The highest BCUT2D eigenvalue weighted by molar-refractivity contribution is 7.91. The number of nitrogens with zero attached hydrogens (tertiary/aromatic N) is 4. The smallest absolute Gasteiger partial charge is 0.307 e. The summed E-state index contributed by atoms with van der Waals surface area (Å²) in [5.74, 6) is -0.401. The quantitative estimate of drug-likeness (QED) is 0.263. The van der Waals surface area contributed by atoms with Crippen molar-refractivity contribution in [3.05, 3.63) is 114 Å². The van der Waals surface area contributed by atoms with Crippen molar-refractivity contribution in [3.63, 3.8) is 0 Å². The number of fused-ring (bicyclic) bond motifs is 1. The first-order valence-corrected chi connectivity index (χ1v) is 15.8. The third-order valence-electron chi connectivity index (χ3n) is 6.29. The van der Waals surface area contributed by atoms with E-state index < -0.39 is 20.0 Å². The van der Waals surface area contributed by atoms with Gasteiger partial charge in [-0.25, -0.2) is 13.4 Å². The van der Waals surface area contributed by atoms with Crippen LogP contribution < -0.4 is 10.4 Å². The van der Waals surface area contributed by atoms with Gasteiger partial charge < -0.3 is 14.1 Å². The highest BCUT2D eigenvalue weighted by Crippen LogP contribution is 2.36. The van der Waals surface area contributed by atoms with E-state index >= 15 is 0 Å². The standard InChI is InChI=1S/C27H21N5O6S3/c1-41(36,37)23(25-31-30-21(38-25)12-20-24(34)29-27(35)40-20)26-28-18-9-7-16(11-19(18)39-26)17-8-10-22(33)32(14-17)13-15-5-3-2-4-6-15/h2-11,14,23,34H,12-13H2,1H3,(H,29,35). The Kier molecular flexibility index (Phi) is 6.89. The maximum atomic E-state index is 12.9. The average molecular weight is 608 g/mol. The molecular weight excluding hydrogens is 587 g/mol. The minimum absolute atomic E-state index is 0.0334. The van der Waals surface area contributed by atoms with E-state index in [-0.39, 0.29) is 34.6 Å². The molecule has 0 fully saturated rings. The lowest BCUT2D eigenvalue weighted by Gasteiger charge is -2.09. The first kappa shape index (κ1) is 26.8. The van der Waals surface area contributed by atoms with E-state index in [1.807, 2.05) is 42.5 Å². The summed E-state index contributed by atoms with van der Waals surface area (Å²) in [6, 6.07) is 18.5. The Bertz CT molecular complexity index is 2110. The summed E-state index contributed by atoms with van der Waals surface area (Å²) < 4.78 is 33.8. The molecule has 41 heavy (non-hydrogen) atoms. The molecule has 0 saturated heterocycles. The molecule has 208 valence electrons. The second kappa shape index (κ2) is 10.5. The number of aromatic hydroxyl groups is 1. The van der Waals surface area contributed by atoms with Crippen LogP contribution in [0.25, 0.3) is 21.3 Å². The Balaban J connectivity index is 1.32. The number of aromatic amines is 1. The van der Waals surface area contributed by atoms with Gasteiger partial charge in [-0.1, -0.05) is 47.7 Å². The molecule has 2 aromatic carbocycles. The Morgan fingerprint density at radius 1 is 1.02 bits per heavy atom. The van der Waals surface area contributed by atoms with Crippen molar-refractivity contribution in [1.29, 1.82) is 0 Å². The number of nitrogens with one attached hydrogen (secondary N) is 1. The van der Waals surface area contributed by atoms with Crippen LogP contribution in [0.4, 0.5) is 0 Å². The Hall–Kier alpha value is -4.40. The van der Waals surface area contributed by atoms with Crippen LogP contribution >= 0.6 is 22.7 Å². The van der Waals surface area contributed by atoms with Crippen LogP contribution in [0.5, 0.6) is 5.88 Å². The van der Waals surface area contributed by atoms with Crippen molar-refractivity contribution in [2.45, 2.75) is 18.2 Å². The Labute approximate surface area is 240 Å². The van der Waals surface area contributed by atoms with Gasteiger partial charge in [-0.15, -0.1) is 21.5 Å². The van der Waals surface area contributed by atoms with Gasteiger partial charge in [0.25, 0.3) is 5.56 Å². The first-order valence-electron chi connectivity index (χ1n) is 12.2. The average Bonchev–Trinajstić information content (AvgIpc) is 3.63. The van der Waals surface area contributed by atoms with Gasteiger partial charge in [0.05, 0.1) is 28.1 Å². The van der Waals surface area contributed by atoms with Crippen molar-refractivity contribution in [2.24, 2.45) is 0 Å². The van der Waals surface area contributed by atoms with Crippen LogP contribution in [-0.4, -0.2) is 44.5 Å². The fourth-order valence-corrected chi connectivity index (χ4v) is 7.61. The van der Waals surface area contributed by atoms with E-state index in [2.05, 4.69) is 20.2 Å². The van der Waals surface area contributed by atoms with Crippen LogP contribution in [-0.2, 0) is 22.8 Å². The van der Waals surface area contributed by atoms with Gasteiger partial charge in [-0.2, -0.15) is 0 Å². The number of pyridine rings is 1. The predicted molar refractivity (Wildman–Crippen MR) is 155 cm³/mol. The monoisotopic (exact) mass is 607 g/mol. The zero-order chi connectivity index (χ0) is 28.7. The summed E-state index contributed by atoms with van der Waals surface area (Å²) in [5, 5.41) is 16.7. The highest BCUT2D eigenvalue weighted by Gasteiger charge is 2.34. The van der Waals surface area contributed by atoms with Crippen LogP contribution in [0.1, 0.15) is 32.5 Å². The molecule has 4 heterocycles. The van der Waals surface area contributed by atoms with Gasteiger partial charge >= 0.3 is 4.87 Å². The molecule has 0 aliphatic rings. The number of aromatic nitrogens is 5. The van der Waals surface area contributed by atoms with Gasteiger partial charge in [0.2, 0.25) is 17.7 Å². The molecule has 0 aliphatic heterocycles. The third kappa shape index (κ3) is 5.62. The van der Waals surface area contributed by atoms with E-state index in [0.29, 0.717) is 16.9 Å². The fourth-order valence-electron chi connectivity index (χ4n) is 4.37. The van der Waals surface area contributed by atoms with Gasteiger partial charge in [0, 0.05) is 18.5 Å². The van der Waals surface area contributed by atoms with Crippen molar-refractivity contribution in [3.8, 4) is 17.0 Å². The largest absolute Gasteiger partial charge is 0.494 e. The number of thiazole rings is 2. The van der Waals surface area contributed by atoms with E-state index in [9.17, 15) is 23.1 Å². The molecule has 4 aromatic heterocycles. The van der Waals surface area contributed by atoms with E-state index in [4.69, 9.17) is 4.42 Å². The molecule has 0 amide bonds. The minimum Gasteiger partial charge on any atom is -0.494 e. The predicted octanol–water partition coefficient (Wildman–Crippen LogP) is 3.74. The third-order valence-corrected chi connectivity index (χ3v) is 9.67. The van der Waals surface area contributed by atoms with Crippen molar-refractivity contribution < 1.29 is 17.9 Å². The van der Waals surface area contributed by atoms with E-state index in [1.54, 1.807) is 22.9 Å². The summed E-state index contributed by atoms with van der Waals surface area (Å²) in [5.41, 5.74) is 3.16. The fraction of sp³-hybridized carbons (Fsp3) is 0.148. The summed E-state index contributed by atoms with van der Waals surface area (Å²) in [4.78, 5) is 30.7. The Morgan fingerprint density at radius 3 is 2.54 bits per heavy atom. The van der Waals surface area contributed by atoms with Gasteiger partial charge in [-0.3, -0.25) is 14.6 Å². The number of H-pyrrole nitrogens is 1. The normalized spacial score (nSPS) is 12.6. The molecule has 14 heteroatoms. The van der Waals surface area contributed by atoms with Crippen LogP contribution in [0.2, 0.25) is 0 Å². The van der Waals surface area contributed by atoms with Gasteiger partial charge in [0.1, 0.15) is 5.01 Å². The number of hydrogen-bond acceptors (Lipinski definition) is 11. The molecule has 0 bridgehead atoms. The zero-order valence-electron chi connectivity index (χ0n) is 21.3. The Morgan fingerprint density at radius 2 is 1.80 bits per heavy atom. The zero-order valence-corrected chi connectivity index (χ0v) is 23.8. The lowest BCUT2D eigenvalue weighted by molar-refractivity contribution is 0.438. The molecule has 0 saturated carbocycles. The highest BCUT2D eigenvalue weighted by atomic mass is 32.2. The maximum absolute atomic E-state index is 12.9. The number of sulfone groups is 1. The van der Waals surface area contributed by atoms with E-state index in [0.717, 1.165) is 39.0 Å². The number of benzene rings is 2. The van der Waals surface area contributed by atoms with Crippen molar-refractivity contribution >= 4 is 42.7 Å². The molecule has 1 unspecified atom stereocenters. The van der Waals surface area contributed by atoms with Crippen LogP contribution in [0, 0.1) is 0 Å². The van der Waals surface area contributed by atoms with E-state index in [1.165, 1.54) is 17.4 Å². The molecule has 11 nitrogen and oxygen atoms in total. The molecule has 0 radical (unpaired) electrons. The molecule has 2 N–H and O–H groups in total. The first-order chi connectivity index (χ1) is 19.6. The van der Waals surface area contributed by atoms with Crippen molar-refractivity contribution in [2.75, 3.05) is 6.26 Å². The molecule has 0 spiro atoms. The summed E-state index contributed by atoms with van der Waals surface area (Å²) in [7, 11) is -3.77. The second-order valence-electron chi connectivity index (χ2n) is 9.31. The SMILES string of the molecule is CS(=O)(=O)C(c1nnc(Cc2sc(=O)[nH]c2O)o1)c1nc2ccc(-c3ccc(=O)n(Cc4ccccc4)c3)cc2s1.